The van der Waals surface area contributed by atoms with E-state index in [0.29, 0.717) is 24.9 Å². The number of likely N-dealkylation sites (N-methyl/N-ethyl adjacent to an activating group) is 1. The molecule has 17 heteroatoms. The monoisotopic (exact) mass is 677 g/mol. The van der Waals surface area contributed by atoms with Gasteiger partial charge in [0.1, 0.15) is 11.9 Å². The fraction of sp³-hybridized carbons (Fsp3) is 0.548. The van der Waals surface area contributed by atoms with Crippen molar-refractivity contribution in [2.75, 3.05) is 13.6 Å². The molecule has 0 aromatic heterocycles. The topological polar surface area (TPSA) is 253 Å². The van der Waals surface area contributed by atoms with Crippen molar-refractivity contribution in [3.8, 4) is 11.5 Å². The molecule has 0 unspecified atom stereocenters. The van der Waals surface area contributed by atoms with Gasteiger partial charge in [0.25, 0.3) is 0 Å². The predicted octanol–water partition coefficient (Wildman–Crippen LogP) is -0.701. The van der Waals surface area contributed by atoms with Gasteiger partial charge in [0.05, 0.1) is 23.9 Å². The second-order valence-electron chi connectivity index (χ2n) is 12.3. The normalized spacial score (nSPS) is 27.5. The van der Waals surface area contributed by atoms with Crippen molar-refractivity contribution < 1.29 is 78.0 Å². The Balaban J connectivity index is 1.34. The SMILES string of the molecule is C[C@H](O)C(=O)O[C@@H](CC(=O)OC1=CC[C@@]2(O)[C@@H]3Cc4ccc(O)c5c4[C@@]2(CCN3C)[C@H]1O5)C(=O)O[C@@H](C)C(=O)O[C@H](CC(=O)O)C(=O)O. The molecule has 1 fully saturated rings. The van der Waals surface area contributed by atoms with Crippen LogP contribution in [0.25, 0.3) is 0 Å². The molecule has 48 heavy (non-hydrogen) atoms. The molecule has 2 bridgehead atoms. The van der Waals surface area contributed by atoms with E-state index in [-0.39, 0.29) is 29.7 Å². The molecule has 5 rings (SSSR count). The van der Waals surface area contributed by atoms with Crippen molar-refractivity contribution in [3.63, 3.8) is 0 Å². The summed E-state index contributed by atoms with van der Waals surface area (Å²) < 4.78 is 26.4. The number of aliphatic carboxylic acids is 2. The summed E-state index contributed by atoms with van der Waals surface area (Å²) in [5.74, 6) is -8.71. The maximum atomic E-state index is 13.3. The quantitative estimate of drug-likeness (QED) is 0.135. The Labute approximate surface area is 272 Å². The van der Waals surface area contributed by atoms with Crippen LogP contribution >= 0.6 is 0 Å². The molecule has 1 spiro atoms. The minimum absolute atomic E-state index is 0.0134. The summed E-state index contributed by atoms with van der Waals surface area (Å²) in [4.78, 5) is 75.1. The Morgan fingerprint density at radius 1 is 1.00 bits per heavy atom. The van der Waals surface area contributed by atoms with E-state index in [4.69, 9.17) is 29.2 Å². The van der Waals surface area contributed by atoms with Gasteiger partial charge in [-0.25, -0.2) is 19.2 Å². The van der Waals surface area contributed by atoms with Crippen molar-refractivity contribution in [1.82, 2.24) is 4.90 Å². The van der Waals surface area contributed by atoms with Crippen LogP contribution in [-0.2, 0) is 59.6 Å². The van der Waals surface area contributed by atoms with E-state index in [9.17, 15) is 44.1 Å². The molecule has 5 N–H and O–H groups in total. The first-order valence-corrected chi connectivity index (χ1v) is 15.1. The van der Waals surface area contributed by atoms with Crippen LogP contribution in [0.1, 0.15) is 50.7 Å². The third-order valence-corrected chi connectivity index (χ3v) is 9.32. The van der Waals surface area contributed by atoms with Crippen molar-refractivity contribution >= 4 is 35.8 Å². The second-order valence-corrected chi connectivity index (χ2v) is 12.3. The van der Waals surface area contributed by atoms with E-state index < -0.39 is 90.2 Å². The number of benzene rings is 1. The van der Waals surface area contributed by atoms with Crippen LogP contribution in [0.3, 0.4) is 0 Å². The molecular formula is C31H35NO16. The number of hydrogen-bond acceptors (Lipinski definition) is 15. The number of phenolic OH excluding ortho intramolecular Hbond substituents is 1. The first kappa shape index (κ1) is 34.6. The Hall–Kier alpha value is -4.74. The van der Waals surface area contributed by atoms with E-state index in [1.807, 2.05) is 7.05 Å². The number of nitrogens with zero attached hydrogens (tertiary/aromatic N) is 1. The molecule has 1 aromatic rings. The number of phenols is 1. The zero-order valence-corrected chi connectivity index (χ0v) is 26.1. The zero-order chi connectivity index (χ0) is 35.3. The summed E-state index contributed by atoms with van der Waals surface area (Å²) in [6.45, 7) is 2.56. The predicted molar refractivity (Wildman–Crippen MR) is 154 cm³/mol. The molecule has 0 saturated carbocycles. The van der Waals surface area contributed by atoms with Crippen molar-refractivity contribution in [2.45, 2.75) is 93.5 Å². The lowest BCUT2D eigenvalue weighted by Gasteiger charge is -2.61. The average Bonchev–Trinajstić information content (AvgIpc) is 3.36. The Morgan fingerprint density at radius 2 is 1.69 bits per heavy atom. The minimum atomic E-state index is -2.10. The Bertz CT molecular complexity index is 1590. The number of carbonyl (C=O) groups excluding carboxylic acids is 4. The molecule has 2 aliphatic carbocycles. The van der Waals surface area contributed by atoms with Gasteiger partial charge in [-0.05, 0) is 58.0 Å². The number of ether oxygens (including phenoxy) is 5. The van der Waals surface area contributed by atoms with Gasteiger partial charge in [-0.2, -0.15) is 0 Å². The van der Waals surface area contributed by atoms with Crippen LogP contribution in [-0.4, -0.2) is 122 Å². The number of esters is 4. The van der Waals surface area contributed by atoms with Gasteiger partial charge in [-0.3, -0.25) is 9.59 Å². The van der Waals surface area contributed by atoms with Crippen molar-refractivity contribution in [1.29, 1.82) is 0 Å². The average molecular weight is 678 g/mol. The number of aliphatic hydroxyl groups is 2. The fourth-order valence-corrected chi connectivity index (χ4v) is 7.05. The van der Waals surface area contributed by atoms with Crippen LogP contribution in [0.4, 0.5) is 0 Å². The number of hydrogen-bond donors (Lipinski definition) is 5. The highest BCUT2D eigenvalue weighted by Crippen LogP contribution is 2.65. The van der Waals surface area contributed by atoms with E-state index in [2.05, 4.69) is 9.64 Å². The number of aromatic hydroxyl groups is 1. The fourth-order valence-electron chi connectivity index (χ4n) is 7.05. The Kier molecular flexibility index (Phi) is 9.15. The van der Waals surface area contributed by atoms with Gasteiger partial charge >= 0.3 is 35.8 Å². The van der Waals surface area contributed by atoms with Crippen LogP contribution in [0.15, 0.2) is 24.0 Å². The van der Waals surface area contributed by atoms with Gasteiger partial charge in [0.2, 0.25) is 12.2 Å². The van der Waals surface area contributed by atoms with Gasteiger partial charge in [0.15, 0.2) is 23.7 Å². The van der Waals surface area contributed by atoms with Gasteiger partial charge in [-0.15, -0.1) is 0 Å². The van der Waals surface area contributed by atoms with Crippen LogP contribution in [0.2, 0.25) is 0 Å². The maximum Gasteiger partial charge on any atom is 0.348 e. The summed E-state index contributed by atoms with van der Waals surface area (Å²) in [6, 6.07) is 2.96. The molecule has 2 aliphatic heterocycles. The zero-order valence-electron chi connectivity index (χ0n) is 26.1. The first-order chi connectivity index (χ1) is 22.5. The summed E-state index contributed by atoms with van der Waals surface area (Å²) in [5.41, 5.74) is -0.919. The number of carboxylic acids is 2. The second kappa shape index (κ2) is 12.7. The van der Waals surface area contributed by atoms with Gasteiger partial charge < -0.3 is 54.1 Å². The summed E-state index contributed by atoms with van der Waals surface area (Å²) in [7, 11) is 1.90. The first-order valence-electron chi connectivity index (χ1n) is 15.1. The summed E-state index contributed by atoms with van der Waals surface area (Å²) in [5, 5.41) is 50.5. The Morgan fingerprint density at radius 3 is 2.33 bits per heavy atom. The number of carboxylic acid groups (broad SMARTS) is 2. The lowest BCUT2D eigenvalue weighted by atomic mass is 9.50. The minimum Gasteiger partial charge on any atom is -0.504 e. The van der Waals surface area contributed by atoms with Crippen molar-refractivity contribution in [3.05, 3.63) is 35.1 Å². The lowest BCUT2D eigenvalue weighted by Crippen LogP contribution is -2.74. The maximum absolute atomic E-state index is 13.3. The standard InChI is InChI=1S/C31H35NO16/c1-13(33)27(40)47-19(29(42)44-14(2)28(41)46-18(26(38)39)11-21(35)36)12-22(37)45-17-6-7-31(43)20-10-15-4-5-16(34)24-23(15)30(31,25(17)48-24)8-9-32(20)3/h4-6,13-14,18-20,25,33-34,43H,7-12H2,1-3H3,(H,35,36)(H,38,39)/t13-,14-,18+,19-,20-,25-,30-,31+/m0/s1. The van der Waals surface area contributed by atoms with Crippen molar-refractivity contribution in [2.24, 2.45) is 0 Å². The third-order valence-electron chi connectivity index (χ3n) is 9.32. The highest BCUT2D eigenvalue weighted by Gasteiger charge is 2.72. The van der Waals surface area contributed by atoms with E-state index in [1.54, 1.807) is 6.07 Å². The van der Waals surface area contributed by atoms with Crippen LogP contribution in [0, 0.1) is 0 Å². The van der Waals surface area contributed by atoms with E-state index >= 15 is 0 Å². The number of piperidine rings is 1. The number of rotatable bonds is 12. The van der Waals surface area contributed by atoms with E-state index in [0.717, 1.165) is 19.4 Å². The molecule has 8 atom stereocenters. The summed E-state index contributed by atoms with van der Waals surface area (Å²) >= 11 is 0. The molecule has 1 saturated heterocycles. The molecule has 4 aliphatic rings. The highest BCUT2D eigenvalue weighted by molar-refractivity contribution is 5.88. The smallest absolute Gasteiger partial charge is 0.348 e. The number of carbonyl (C=O) groups is 6. The van der Waals surface area contributed by atoms with Gasteiger partial charge in [0, 0.05) is 18.0 Å². The number of likely N-dealkylation sites (tertiary alicyclic amines) is 1. The molecule has 0 radical (unpaired) electrons. The highest BCUT2D eigenvalue weighted by atomic mass is 16.6. The van der Waals surface area contributed by atoms with E-state index in [1.165, 1.54) is 12.1 Å². The lowest BCUT2D eigenvalue weighted by molar-refractivity contribution is -0.186. The molecule has 260 valence electrons. The molecular weight excluding hydrogens is 642 g/mol. The van der Waals surface area contributed by atoms with Crippen LogP contribution < -0.4 is 4.74 Å². The van der Waals surface area contributed by atoms with Gasteiger partial charge in [-0.1, -0.05) is 6.07 Å². The molecule has 1 aromatic carbocycles. The third kappa shape index (κ3) is 5.81. The van der Waals surface area contributed by atoms with Crippen LogP contribution in [0.5, 0.6) is 11.5 Å². The largest absolute Gasteiger partial charge is 0.504 e. The number of aliphatic hydroxyl groups excluding tert-OH is 1. The molecule has 0 amide bonds. The summed E-state index contributed by atoms with van der Waals surface area (Å²) in [6.07, 6.45) is -8.41. The molecule has 2 heterocycles. The molecule has 17 nitrogen and oxygen atoms in total.